The minimum Gasteiger partial charge on any atom is -0.491 e. The van der Waals surface area contributed by atoms with Crippen molar-refractivity contribution in [3.8, 4) is 5.75 Å². The van der Waals surface area contributed by atoms with E-state index in [4.69, 9.17) is 4.74 Å². The Labute approximate surface area is 159 Å². The topological polar surface area (TPSA) is 66.9 Å². The van der Waals surface area contributed by atoms with Crippen molar-refractivity contribution in [2.45, 2.75) is 38.6 Å². The van der Waals surface area contributed by atoms with Gasteiger partial charge in [-0.1, -0.05) is 6.92 Å². The third-order valence-corrected chi connectivity index (χ3v) is 6.06. The molecule has 1 aliphatic rings. The molecule has 0 unspecified atom stereocenters. The molecule has 0 atom stereocenters. The second-order valence-corrected chi connectivity index (χ2v) is 8.54. The summed E-state index contributed by atoms with van der Waals surface area (Å²) in [7, 11) is -3.24. The number of likely N-dealkylation sites (tertiary alicyclic amines) is 1. The van der Waals surface area contributed by atoms with Crippen LogP contribution in [0.2, 0.25) is 0 Å². The van der Waals surface area contributed by atoms with E-state index in [1.807, 2.05) is 6.92 Å². The molecule has 2 rings (SSSR count). The van der Waals surface area contributed by atoms with Crippen molar-refractivity contribution in [3.63, 3.8) is 0 Å². The molecule has 0 saturated carbocycles. The first-order valence-electron chi connectivity index (χ1n) is 9.04. The maximum Gasteiger partial charge on any atom is 0.222 e. The van der Waals surface area contributed by atoms with Gasteiger partial charge >= 0.3 is 0 Å². The zero-order valence-corrected chi connectivity index (χ0v) is 16.5. The normalized spacial score (nSPS) is 16.0. The van der Waals surface area contributed by atoms with Crippen molar-refractivity contribution >= 4 is 15.9 Å². The Morgan fingerprint density at radius 2 is 1.96 bits per heavy atom. The minimum absolute atomic E-state index is 0.0287. The van der Waals surface area contributed by atoms with Crippen molar-refractivity contribution < 1.29 is 26.7 Å². The Balaban J connectivity index is 1.73. The van der Waals surface area contributed by atoms with Crippen LogP contribution in [0.15, 0.2) is 18.2 Å². The summed E-state index contributed by atoms with van der Waals surface area (Å²) in [6.45, 7) is 3.42. The number of hydrogen-bond donors (Lipinski definition) is 0. The summed E-state index contributed by atoms with van der Waals surface area (Å²) in [4.78, 5) is 14.0. The molecule has 0 spiro atoms. The number of ether oxygens (including phenoxy) is 1. The summed E-state index contributed by atoms with van der Waals surface area (Å²) >= 11 is 0. The van der Waals surface area contributed by atoms with Gasteiger partial charge in [0.15, 0.2) is 11.6 Å². The monoisotopic (exact) mass is 404 g/mol. The van der Waals surface area contributed by atoms with E-state index in [0.29, 0.717) is 38.9 Å². The van der Waals surface area contributed by atoms with Crippen LogP contribution in [0.25, 0.3) is 0 Å². The number of sulfonamides is 1. The maximum atomic E-state index is 13.5. The molecule has 9 heteroatoms. The van der Waals surface area contributed by atoms with Gasteiger partial charge in [0.05, 0.1) is 12.9 Å². The van der Waals surface area contributed by atoms with Crippen LogP contribution in [-0.2, 0) is 14.8 Å². The standard InChI is InChI=1S/C18H26F2N2O4S/c1-3-22(27(2,24)25)15-8-10-21(11-9-15)18(23)5-4-12-26-17-7-6-14(19)13-16(17)20/h6-7,13,15H,3-5,8-12H2,1-2H3. The average Bonchev–Trinajstić information content (AvgIpc) is 2.60. The van der Waals surface area contributed by atoms with Gasteiger partial charge in [-0.05, 0) is 31.4 Å². The third-order valence-electron chi connectivity index (χ3n) is 4.65. The largest absolute Gasteiger partial charge is 0.491 e. The van der Waals surface area contributed by atoms with E-state index in [1.54, 1.807) is 4.90 Å². The first kappa shape index (κ1) is 21.6. The smallest absolute Gasteiger partial charge is 0.222 e. The van der Waals surface area contributed by atoms with Gasteiger partial charge in [-0.3, -0.25) is 4.79 Å². The number of nitrogens with zero attached hydrogens (tertiary/aromatic N) is 2. The number of carbonyl (C=O) groups excluding carboxylic acids is 1. The fourth-order valence-electron chi connectivity index (χ4n) is 3.32. The van der Waals surface area contributed by atoms with Gasteiger partial charge in [-0.15, -0.1) is 0 Å². The van der Waals surface area contributed by atoms with E-state index in [1.165, 1.54) is 16.6 Å². The minimum atomic E-state index is -3.24. The maximum absolute atomic E-state index is 13.5. The van der Waals surface area contributed by atoms with Crippen LogP contribution in [0.1, 0.15) is 32.6 Å². The van der Waals surface area contributed by atoms with Crippen molar-refractivity contribution in [2.24, 2.45) is 0 Å². The van der Waals surface area contributed by atoms with Crippen LogP contribution in [0.5, 0.6) is 5.75 Å². The fourth-order valence-corrected chi connectivity index (χ4v) is 4.54. The summed E-state index contributed by atoms with van der Waals surface area (Å²) in [5.74, 6) is -1.50. The lowest BCUT2D eigenvalue weighted by molar-refractivity contribution is -0.132. The highest BCUT2D eigenvalue weighted by Crippen LogP contribution is 2.20. The third kappa shape index (κ3) is 6.14. The van der Waals surface area contributed by atoms with E-state index >= 15 is 0 Å². The molecular weight excluding hydrogens is 378 g/mol. The highest BCUT2D eigenvalue weighted by atomic mass is 32.2. The van der Waals surface area contributed by atoms with Crippen LogP contribution in [0.4, 0.5) is 8.78 Å². The summed E-state index contributed by atoms with van der Waals surface area (Å²) < 4.78 is 56.6. The van der Waals surface area contributed by atoms with E-state index < -0.39 is 21.7 Å². The Morgan fingerprint density at radius 3 is 2.52 bits per heavy atom. The number of hydrogen-bond acceptors (Lipinski definition) is 4. The highest BCUT2D eigenvalue weighted by Gasteiger charge is 2.30. The Kier molecular flexibility index (Phi) is 7.55. The molecule has 1 aromatic rings. The molecule has 1 fully saturated rings. The highest BCUT2D eigenvalue weighted by molar-refractivity contribution is 7.88. The van der Waals surface area contributed by atoms with E-state index in [-0.39, 0.29) is 30.7 Å². The molecule has 0 N–H and O–H groups in total. The number of halogens is 2. The van der Waals surface area contributed by atoms with Crippen molar-refractivity contribution in [1.29, 1.82) is 0 Å². The Bertz CT molecular complexity index is 750. The zero-order valence-electron chi connectivity index (χ0n) is 15.7. The van der Waals surface area contributed by atoms with Gasteiger partial charge in [0, 0.05) is 38.2 Å². The molecule has 0 bridgehead atoms. The summed E-state index contributed by atoms with van der Waals surface area (Å²) in [5.41, 5.74) is 0. The molecule has 0 aromatic heterocycles. The van der Waals surface area contributed by atoms with E-state index in [0.717, 1.165) is 12.1 Å². The van der Waals surface area contributed by atoms with Gasteiger partial charge in [0.1, 0.15) is 5.82 Å². The molecule has 1 amide bonds. The molecule has 27 heavy (non-hydrogen) atoms. The average molecular weight is 404 g/mol. The first-order chi connectivity index (χ1) is 12.7. The van der Waals surface area contributed by atoms with Crippen LogP contribution in [-0.4, -0.2) is 62.1 Å². The SMILES string of the molecule is CCN(C1CCN(C(=O)CCCOc2ccc(F)cc2F)CC1)S(C)(=O)=O. The van der Waals surface area contributed by atoms with Gasteiger partial charge in [0.25, 0.3) is 0 Å². The second kappa shape index (κ2) is 9.45. The van der Waals surface area contributed by atoms with Gasteiger partial charge in [-0.25, -0.2) is 17.2 Å². The van der Waals surface area contributed by atoms with Crippen molar-refractivity contribution in [2.75, 3.05) is 32.5 Å². The molecule has 0 aliphatic carbocycles. The van der Waals surface area contributed by atoms with Gasteiger partial charge in [-0.2, -0.15) is 4.31 Å². The first-order valence-corrected chi connectivity index (χ1v) is 10.9. The quantitative estimate of drug-likeness (QED) is 0.624. The molecule has 152 valence electrons. The lowest BCUT2D eigenvalue weighted by Gasteiger charge is -2.37. The van der Waals surface area contributed by atoms with E-state index in [9.17, 15) is 22.0 Å². The predicted octanol–water partition coefficient (Wildman–Crippen LogP) is 2.40. The van der Waals surface area contributed by atoms with Gasteiger partial charge < -0.3 is 9.64 Å². The predicted molar refractivity (Wildman–Crippen MR) is 97.9 cm³/mol. The van der Waals surface area contributed by atoms with E-state index in [2.05, 4.69) is 0 Å². The van der Waals surface area contributed by atoms with Crippen molar-refractivity contribution in [3.05, 3.63) is 29.8 Å². The summed E-state index contributed by atoms with van der Waals surface area (Å²) in [5, 5.41) is 0. The van der Waals surface area contributed by atoms with Crippen LogP contribution in [0.3, 0.4) is 0 Å². The lowest BCUT2D eigenvalue weighted by Crippen LogP contribution is -2.48. The molecule has 6 nitrogen and oxygen atoms in total. The fraction of sp³-hybridized carbons (Fsp3) is 0.611. The Morgan fingerprint density at radius 1 is 1.30 bits per heavy atom. The van der Waals surface area contributed by atoms with Crippen LogP contribution in [0, 0.1) is 11.6 Å². The Hall–Kier alpha value is -1.74. The molecule has 1 aromatic carbocycles. The van der Waals surface area contributed by atoms with Gasteiger partial charge in [0.2, 0.25) is 15.9 Å². The molecule has 0 radical (unpaired) electrons. The summed E-state index contributed by atoms with van der Waals surface area (Å²) in [6.07, 6.45) is 3.11. The number of rotatable bonds is 8. The molecule has 1 aliphatic heterocycles. The van der Waals surface area contributed by atoms with Crippen LogP contribution < -0.4 is 4.74 Å². The number of amides is 1. The number of piperidine rings is 1. The number of benzene rings is 1. The lowest BCUT2D eigenvalue weighted by atomic mass is 10.0. The van der Waals surface area contributed by atoms with Crippen molar-refractivity contribution in [1.82, 2.24) is 9.21 Å². The van der Waals surface area contributed by atoms with Crippen LogP contribution >= 0.6 is 0 Å². The second-order valence-electron chi connectivity index (χ2n) is 6.61. The summed E-state index contributed by atoms with van der Waals surface area (Å²) in [6, 6.07) is 3.02. The number of carbonyl (C=O) groups is 1. The molecule has 1 heterocycles. The molecular formula is C18H26F2N2O4S. The zero-order chi connectivity index (χ0) is 20.0. The molecule has 1 saturated heterocycles.